The second kappa shape index (κ2) is 10.3. The van der Waals surface area contributed by atoms with Crippen molar-refractivity contribution in [2.24, 2.45) is 0 Å². The highest BCUT2D eigenvalue weighted by Crippen LogP contribution is 2.34. The van der Waals surface area contributed by atoms with Gasteiger partial charge in [-0.3, -0.25) is 14.9 Å². The number of benzene rings is 3. The molecule has 1 heterocycles. The fraction of sp³-hybridized carbons (Fsp3) is 0.0417. The van der Waals surface area contributed by atoms with Crippen LogP contribution in [-0.2, 0) is 16.2 Å². The lowest BCUT2D eigenvalue weighted by Crippen LogP contribution is -2.54. The van der Waals surface area contributed by atoms with Gasteiger partial charge in [0.05, 0.1) is 13.7 Å². The molecule has 4 rings (SSSR count). The van der Waals surface area contributed by atoms with Crippen molar-refractivity contribution >= 4 is 79.4 Å². The first-order chi connectivity index (χ1) is 16.2. The molecule has 0 aromatic heterocycles. The van der Waals surface area contributed by atoms with Crippen molar-refractivity contribution in [3.05, 3.63) is 97.0 Å². The molecule has 0 unspecified atom stereocenters. The Morgan fingerprint density at radius 2 is 1.85 bits per heavy atom. The number of ether oxygens (including phenoxy) is 1. The van der Waals surface area contributed by atoms with E-state index in [0.29, 0.717) is 24.9 Å². The van der Waals surface area contributed by atoms with Gasteiger partial charge in [-0.1, -0.05) is 24.3 Å². The Morgan fingerprint density at radius 3 is 2.56 bits per heavy atom. The molecule has 3 aromatic rings. The molecule has 10 heteroatoms. The van der Waals surface area contributed by atoms with Gasteiger partial charge in [-0.25, -0.2) is 13.7 Å². The summed E-state index contributed by atoms with van der Waals surface area (Å²) in [5, 5.41) is 2.23. The first-order valence-corrected chi connectivity index (χ1v) is 12.0. The number of hydrogen-bond acceptors (Lipinski definition) is 4. The summed E-state index contributed by atoms with van der Waals surface area (Å²) in [6.45, 7) is 0.155. The number of carbonyl (C=O) groups excluding carboxylic acids is 2. The number of halogens is 4. The number of carbonyl (C=O) groups is 2. The van der Waals surface area contributed by atoms with E-state index < -0.39 is 17.6 Å². The van der Waals surface area contributed by atoms with Gasteiger partial charge >= 0.3 is 0 Å². The van der Waals surface area contributed by atoms with Gasteiger partial charge in [0.2, 0.25) is 0 Å². The fourth-order valence-electron chi connectivity index (χ4n) is 3.26. The van der Waals surface area contributed by atoms with Gasteiger partial charge < -0.3 is 4.74 Å². The van der Waals surface area contributed by atoms with Crippen LogP contribution in [0.4, 0.5) is 14.5 Å². The van der Waals surface area contributed by atoms with Gasteiger partial charge in [0.25, 0.3) is 11.8 Å². The average molecular weight is 655 g/mol. The Hall–Kier alpha value is -2.70. The Balaban J connectivity index is 1.62. The normalized spacial score (nSPS) is 15.0. The zero-order valence-electron chi connectivity index (χ0n) is 17.2. The minimum Gasteiger partial charge on any atom is -0.487 e. The second-order valence-electron chi connectivity index (χ2n) is 7.14. The van der Waals surface area contributed by atoms with E-state index in [1.165, 1.54) is 36.4 Å². The lowest BCUT2D eigenvalue weighted by atomic mass is 10.1. The maximum Gasteiger partial charge on any atom is 0.270 e. The van der Waals surface area contributed by atoms with Gasteiger partial charge in [-0.15, -0.1) is 0 Å². The van der Waals surface area contributed by atoms with Crippen LogP contribution >= 0.6 is 50.7 Å². The standard InChI is InChI=1S/C24H14BrF2IN2O3S/c25-17-10-14(11-19(28)21(17)33-12-13-4-3-5-15(26)8-13)9-16-22(31)29-24(34)30(23(16)32)20-7-2-1-6-18(20)27/h1-11H,12H2,(H,29,31,34)/b16-9+. The lowest BCUT2D eigenvalue weighted by Gasteiger charge is -2.29. The first kappa shape index (κ1) is 24.4. The zero-order chi connectivity index (χ0) is 24.4. The van der Waals surface area contributed by atoms with Crippen LogP contribution in [0.1, 0.15) is 11.1 Å². The summed E-state index contributed by atoms with van der Waals surface area (Å²) in [6, 6.07) is 15.2. The highest BCUT2D eigenvalue weighted by atomic mass is 127. The van der Waals surface area contributed by atoms with E-state index in [0.717, 1.165) is 4.90 Å². The minimum atomic E-state index is -0.739. The van der Waals surface area contributed by atoms with E-state index in [9.17, 15) is 18.4 Å². The number of rotatable bonds is 5. The quantitative estimate of drug-likeness (QED) is 0.165. The number of para-hydroxylation sites is 1. The topological polar surface area (TPSA) is 58.6 Å². The van der Waals surface area contributed by atoms with Crippen molar-refractivity contribution in [1.29, 1.82) is 0 Å². The van der Waals surface area contributed by atoms with Crippen molar-refractivity contribution in [2.75, 3.05) is 4.90 Å². The number of thiocarbonyl (C=S) groups is 1. The maximum absolute atomic E-state index is 14.3. The van der Waals surface area contributed by atoms with Crippen LogP contribution in [0.2, 0.25) is 0 Å². The summed E-state index contributed by atoms with van der Waals surface area (Å²) in [5.74, 6) is -1.89. The number of amides is 2. The molecule has 1 aliphatic rings. The van der Waals surface area contributed by atoms with Crippen LogP contribution in [0.15, 0.2) is 70.7 Å². The van der Waals surface area contributed by atoms with Crippen LogP contribution in [0, 0.1) is 15.2 Å². The van der Waals surface area contributed by atoms with Crippen LogP contribution < -0.4 is 15.0 Å². The van der Waals surface area contributed by atoms with Gasteiger partial charge in [0.1, 0.15) is 29.6 Å². The summed E-state index contributed by atoms with van der Waals surface area (Å²) in [5.41, 5.74) is 0.949. The Bertz CT molecular complexity index is 1340. The summed E-state index contributed by atoms with van der Waals surface area (Å²) in [4.78, 5) is 26.6. The molecular weight excluding hydrogens is 641 g/mol. The van der Waals surface area contributed by atoms with Crippen molar-refractivity contribution in [3.63, 3.8) is 0 Å². The molecule has 172 valence electrons. The Kier molecular flexibility index (Phi) is 7.39. The molecule has 1 N–H and O–H groups in total. The van der Waals surface area contributed by atoms with Crippen molar-refractivity contribution in [1.82, 2.24) is 5.32 Å². The highest BCUT2D eigenvalue weighted by molar-refractivity contribution is 14.1. The SMILES string of the molecule is O=C1NC(=S)N(c2ccccc2F)C(=O)/C1=C/c1cc(Br)c(OCc2cccc(F)c2)c(I)c1. The monoisotopic (exact) mass is 654 g/mol. The number of nitrogens with zero attached hydrogens (tertiary/aromatic N) is 1. The number of hydrogen-bond donors (Lipinski definition) is 1. The number of nitrogens with one attached hydrogen (secondary N) is 1. The summed E-state index contributed by atoms with van der Waals surface area (Å²) in [7, 11) is 0. The van der Waals surface area contributed by atoms with E-state index >= 15 is 0 Å². The molecular formula is C24H14BrF2IN2O3S. The van der Waals surface area contributed by atoms with Gasteiger partial charge in [0, 0.05) is 0 Å². The second-order valence-corrected chi connectivity index (χ2v) is 9.54. The summed E-state index contributed by atoms with van der Waals surface area (Å²) >= 11 is 10.6. The predicted octanol–water partition coefficient (Wildman–Crippen LogP) is 5.74. The highest BCUT2D eigenvalue weighted by Gasteiger charge is 2.35. The summed E-state index contributed by atoms with van der Waals surface area (Å²) < 4.78 is 34.8. The largest absolute Gasteiger partial charge is 0.487 e. The maximum atomic E-state index is 14.3. The zero-order valence-corrected chi connectivity index (χ0v) is 21.7. The van der Waals surface area contributed by atoms with Crippen molar-refractivity contribution in [2.45, 2.75) is 6.61 Å². The molecule has 0 radical (unpaired) electrons. The molecule has 0 bridgehead atoms. The third-order valence-corrected chi connectivity index (χ3v) is 6.47. The molecule has 0 saturated carbocycles. The molecule has 1 fully saturated rings. The van der Waals surface area contributed by atoms with Gasteiger partial charge in [-0.2, -0.15) is 0 Å². The van der Waals surface area contributed by atoms with E-state index in [1.54, 1.807) is 30.3 Å². The Morgan fingerprint density at radius 1 is 1.09 bits per heavy atom. The van der Waals surface area contributed by atoms with E-state index in [2.05, 4.69) is 43.8 Å². The van der Waals surface area contributed by atoms with Crippen LogP contribution in [-0.4, -0.2) is 16.9 Å². The molecule has 0 spiro atoms. The van der Waals surface area contributed by atoms with Crippen LogP contribution in [0.5, 0.6) is 5.75 Å². The predicted molar refractivity (Wildman–Crippen MR) is 140 cm³/mol. The molecule has 1 aliphatic heterocycles. The smallest absolute Gasteiger partial charge is 0.270 e. The molecule has 0 atom stereocenters. The minimum absolute atomic E-state index is 0.0553. The van der Waals surface area contributed by atoms with Crippen molar-refractivity contribution < 1.29 is 23.1 Å². The fourth-order valence-corrected chi connectivity index (χ4v) is 5.30. The molecule has 0 aliphatic carbocycles. The van der Waals surface area contributed by atoms with E-state index in [1.807, 2.05) is 0 Å². The third kappa shape index (κ3) is 5.18. The summed E-state index contributed by atoms with van der Waals surface area (Å²) in [6.07, 6.45) is 1.40. The lowest BCUT2D eigenvalue weighted by molar-refractivity contribution is -0.122. The number of anilines is 1. The molecule has 1 saturated heterocycles. The molecule has 5 nitrogen and oxygen atoms in total. The Labute approximate surface area is 221 Å². The van der Waals surface area contributed by atoms with Crippen LogP contribution in [0.3, 0.4) is 0 Å². The average Bonchev–Trinajstić information content (AvgIpc) is 2.77. The van der Waals surface area contributed by atoms with Gasteiger partial charge in [0.15, 0.2) is 5.11 Å². The third-order valence-electron chi connectivity index (χ3n) is 4.80. The van der Waals surface area contributed by atoms with E-state index in [4.69, 9.17) is 17.0 Å². The first-order valence-electron chi connectivity index (χ1n) is 9.77. The molecule has 3 aromatic carbocycles. The van der Waals surface area contributed by atoms with Gasteiger partial charge in [-0.05, 0) is 104 Å². The van der Waals surface area contributed by atoms with Crippen molar-refractivity contribution in [3.8, 4) is 5.75 Å². The molecule has 2 amide bonds. The van der Waals surface area contributed by atoms with Crippen LogP contribution in [0.25, 0.3) is 6.08 Å². The molecule has 34 heavy (non-hydrogen) atoms. The van der Waals surface area contributed by atoms with E-state index in [-0.39, 0.29) is 28.8 Å².